The van der Waals surface area contributed by atoms with Gasteiger partial charge >= 0.3 is 0 Å². The van der Waals surface area contributed by atoms with Gasteiger partial charge in [0.1, 0.15) is 0 Å². The van der Waals surface area contributed by atoms with Crippen LogP contribution in [0, 0.1) is 12.8 Å². The molecular weight excluding hydrogens is 308 g/mol. The van der Waals surface area contributed by atoms with Gasteiger partial charge in [-0.2, -0.15) is 0 Å². The van der Waals surface area contributed by atoms with Crippen LogP contribution in [0.4, 0.5) is 0 Å². The number of amides is 1. The fourth-order valence-electron chi connectivity index (χ4n) is 3.39. The Balaban J connectivity index is 2.17. The number of benzene rings is 2. The van der Waals surface area contributed by atoms with E-state index in [1.807, 2.05) is 37.1 Å². The molecule has 0 unspecified atom stereocenters. The topological polar surface area (TPSA) is 36.1 Å². The zero-order chi connectivity index (χ0) is 18.0. The van der Waals surface area contributed by atoms with E-state index in [-0.39, 0.29) is 17.9 Å². The predicted molar refractivity (Wildman–Crippen MR) is 104 cm³/mol. The van der Waals surface area contributed by atoms with E-state index < -0.39 is 0 Å². The van der Waals surface area contributed by atoms with Crippen LogP contribution in [0.25, 0.3) is 10.9 Å². The van der Waals surface area contributed by atoms with Gasteiger partial charge in [0.15, 0.2) is 0 Å². The third-order valence-corrected chi connectivity index (χ3v) is 4.74. The van der Waals surface area contributed by atoms with Crippen LogP contribution in [0.5, 0.6) is 0 Å². The molecule has 1 aromatic heterocycles. The van der Waals surface area contributed by atoms with Gasteiger partial charge in [0.05, 0.1) is 6.04 Å². The zero-order valence-electron chi connectivity index (χ0n) is 15.4. The summed E-state index contributed by atoms with van der Waals surface area (Å²) in [4.78, 5) is 18.3. The van der Waals surface area contributed by atoms with E-state index in [9.17, 15) is 4.79 Å². The molecule has 25 heavy (non-hydrogen) atoms. The smallest absolute Gasteiger partial charge is 0.225 e. The molecule has 2 aromatic carbocycles. The van der Waals surface area contributed by atoms with E-state index in [4.69, 9.17) is 0 Å². The van der Waals surface area contributed by atoms with Crippen molar-refractivity contribution in [3.63, 3.8) is 0 Å². The lowest BCUT2D eigenvalue weighted by Crippen LogP contribution is -2.38. The van der Waals surface area contributed by atoms with Crippen molar-refractivity contribution in [2.24, 2.45) is 5.92 Å². The minimum atomic E-state index is -0.0864. The number of aromatic nitrogens is 1. The van der Waals surface area contributed by atoms with Crippen molar-refractivity contribution in [3.8, 4) is 0 Å². The van der Waals surface area contributed by atoms with Crippen molar-refractivity contribution in [2.75, 3.05) is 6.54 Å². The molecular formula is C22H26N2O. The maximum absolute atomic E-state index is 12.9. The molecule has 0 fully saturated rings. The Hall–Kier alpha value is -2.55. The fraction of sp³-hybridized carbons (Fsp3) is 0.318. The van der Waals surface area contributed by atoms with E-state index >= 15 is 0 Å². The van der Waals surface area contributed by atoms with Crippen molar-refractivity contribution in [3.05, 3.63) is 71.4 Å². The molecule has 1 N–H and O–H groups in total. The molecule has 0 aliphatic rings. The second-order valence-corrected chi connectivity index (χ2v) is 6.88. The summed E-state index contributed by atoms with van der Waals surface area (Å²) in [7, 11) is 0. The summed E-state index contributed by atoms with van der Waals surface area (Å²) in [5.41, 5.74) is 4.61. The van der Waals surface area contributed by atoms with Gasteiger partial charge in [-0.3, -0.25) is 4.79 Å². The van der Waals surface area contributed by atoms with Gasteiger partial charge in [-0.1, -0.05) is 61.9 Å². The number of nitrogens with one attached hydrogen (secondary N) is 1. The Kier molecular flexibility index (Phi) is 4.93. The van der Waals surface area contributed by atoms with Crippen LogP contribution in [0.2, 0.25) is 0 Å². The molecule has 0 spiro atoms. The standard InChI is InChI=1S/C22H26N2O/c1-5-24(22(25)15(2)3)21(17-12-10-16(4)11-13-17)19-14-23-20-9-7-6-8-18(19)20/h6-15,21,23H,5H2,1-4H3/t21-/m1/s1. The first kappa shape index (κ1) is 17.3. The van der Waals surface area contributed by atoms with E-state index in [1.165, 1.54) is 10.9 Å². The number of para-hydroxylation sites is 1. The lowest BCUT2D eigenvalue weighted by Gasteiger charge is -2.33. The summed E-state index contributed by atoms with van der Waals surface area (Å²) < 4.78 is 0. The monoisotopic (exact) mass is 334 g/mol. The van der Waals surface area contributed by atoms with Crippen LogP contribution in [0.1, 0.15) is 43.5 Å². The average Bonchev–Trinajstić information content (AvgIpc) is 3.03. The largest absolute Gasteiger partial charge is 0.361 e. The number of fused-ring (bicyclic) bond motifs is 1. The number of aromatic amines is 1. The number of H-pyrrole nitrogens is 1. The fourth-order valence-corrected chi connectivity index (χ4v) is 3.39. The lowest BCUT2D eigenvalue weighted by molar-refractivity contribution is -0.135. The van der Waals surface area contributed by atoms with E-state index in [0.29, 0.717) is 6.54 Å². The third-order valence-electron chi connectivity index (χ3n) is 4.74. The molecule has 1 atom stereocenters. The van der Waals surface area contributed by atoms with Crippen LogP contribution in [0.3, 0.4) is 0 Å². The van der Waals surface area contributed by atoms with Gasteiger partial charge in [0.25, 0.3) is 0 Å². The first-order valence-corrected chi connectivity index (χ1v) is 8.96. The summed E-state index contributed by atoms with van der Waals surface area (Å²) in [6.45, 7) is 8.74. The number of rotatable bonds is 5. The Morgan fingerprint density at radius 2 is 1.76 bits per heavy atom. The molecule has 3 rings (SSSR count). The molecule has 1 heterocycles. The number of hydrogen-bond acceptors (Lipinski definition) is 1. The molecule has 0 saturated carbocycles. The Morgan fingerprint density at radius 3 is 2.40 bits per heavy atom. The highest BCUT2D eigenvalue weighted by Gasteiger charge is 2.28. The molecule has 0 radical (unpaired) electrons. The van der Waals surface area contributed by atoms with Gasteiger partial charge in [-0.15, -0.1) is 0 Å². The van der Waals surface area contributed by atoms with Crippen molar-refractivity contribution in [1.82, 2.24) is 9.88 Å². The van der Waals surface area contributed by atoms with Gasteiger partial charge in [-0.05, 0) is 25.5 Å². The molecule has 130 valence electrons. The van der Waals surface area contributed by atoms with Gasteiger partial charge < -0.3 is 9.88 Å². The molecule has 0 aliphatic heterocycles. The number of aryl methyl sites for hydroxylation is 1. The highest BCUT2D eigenvalue weighted by molar-refractivity contribution is 5.86. The molecule has 3 heteroatoms. The third kappa shape index (κ3) is 3.32. The maximum Gasteiger partial charge on any atom is 0.225 e. The number of carbonyl (C=O) groups excluding carboxylic acids is 1. The predicted octanol–water partition coefficient (Wildman–Crippen LogP) is 5.07. The van der Waals surface area contributed by atoms with Crippen LogP contribution in [-0.2, 0) is 4.79 Å². The highest BCUT2D eigenvalue weighted by atomic mass is 16.2. The first-order chi connectivity index (χ1) is 12.0. The Labute approximate surface area is 149 Å². The van der Waals surface area contributed by atoms with Crippen LogP contribution in [0.15, 0.2) is 54.7 Å². The van der Waals surface area contributed by atoms with Crippen molar-refractivity contribution in [1.29, 1.82) is 0 Å². The molecule has 0 aliphatic carbocycles. The lowest BCUT2D eigenvalue weighted by atomic mass is 9.94. The van der Waals surface area contributed by atoms with Crippen molar-refractivity contribution >= 4 is 16.8 Å². The SMILES string of the molecule is CCN(C(=O)C(C)C)[C@H](c1ccc(C)cc1)c1c[nH]c2ccccc12. The number of hydrogen-bond donors (Lipinski definition) is 1. The van der Waals surface area contributed by atoms with E-state index in [1.54, 1.807) is 0 Å². The quantitative estimate of drug-likeness (QED) is 0.695. The molecule has 0 saturated heterocycles. The zero-order valence-corrected chi connectivity index (χ0v) is 15.4. The summed E-state index contributed by atoms with van der Waals surface area (Å²) in [6.07, 6.45) is 2.05. The first-order valence-electron chi connectivity index (χ1n) is 8.96. The Bertz CT molecular complexity index is 861. The van der Waals surface area contributed by atoms with Gasteiger partial charge in [-0.25, -0.2) is 0 Å². The summed E-state index contributed by atoms with van der Waals surface area (Å²) in [6, 6.07) is 16.7. The molecule has 3 nitrogen and oxygen atoms in total. The van der Waals surface area contributed by atoms with Crippen LogP contribution >= 0.6 is 0 Å². The van der Waals surface area contributed by atoms with Gasteiger partial charge in [0, 0.05) is 35.1 Å². The van der Waals surface area contributed by atoms with Crippen molar-refractivity contribution < 1.29 is 4.79 Å². The summed E-state index contributed by atoms with van der Waals surface area (Å²) >= 11 is 0. The van der Waals surface area contributed by atoms with Crippen molar-refractivity contribution in [2.45, 2.75) is 33.7 Å². The van der Waals surface area contributed by atoms with Gasteiger partial charge in [0.2, 0.25) is 5.91 Å². The van der Waals surface area contributed by atoms with Crippen LogP contribution < -0.4 is 0 Å². The highest BCUT2D eigenvalue weighted by Crippen LogP contribution is 2.34. The second-order valence-electron chi connectivity index (χ2n) is 6.88. The molecule has 3 aromatic rings. The molecule has 1 amide bonds. The minimum absolute atomic E-state index is 0.0295. The maximum atomic E-state index is 12.9. The van der Waals surface area contributed by atoms with Crippen LogP contribution in [-0.4, -0.2) is 22.3 Å². The normalized spacial score (nSPS) is 12.5. The second kappa shape index (κ2) is 7.14. The average molecular weight is 334 g/mol. The molecule has 0 bridgehead atoms. The number of carbonyl (C=O) groups is 1. The Morgan fingerprint density at radius 1 is 1.08 bits per heavy atom. The summed E-state index contributed by atoms with van der Waals surface area (Å²) in [5.74, 6) is 0.150. The number of nitrogens with zero attached hydrogens (tertiary/aromatic N) is 1. The summed E-state index contributed by atoms with van der Waals surface area (Å²) in [5, 5.41) is 1.17. The van der Waals surface area contributed by atoms with E-state index in [2.05, 4.69) is 55.2 Å². The van der Waals surface area contributed by atoms with E-state index in [0.717, 1.165) is 16.6 Å². The minimum Gasteiger partial charge on any atom is -0.361 e.